The summed E-state index contributed by atoms with van der Waals surface area (Å²) in [5.41, 5.74) is 1.29. The molecule has 1 atom stereocenters. The summed E-state index contributed by atoms with van der Waals surface area (Å²) in [4.78, 5) is 4.34. The molecule has 0 radical (unpaired) electrons. The molecule has 0 fully saturated rings. The minimum absolute atomic E-state index is 0.486. The average molecular weight is 288 g/mol. The van der Waals surface area contributed by atoms with Crippen LogP contribution in [0.25, 0.3) is 0 Å². The van der Waals surface area contributed by atoms with Crippen LogP contribution in [0.2, 0.25) is 0 Å². The van der Waals surface area contributed by atoms with Crippen molar-refractivity contribution in [1.82, 2.24) is 20.1 Å². The monoisotopic (exact) mass is 288 g/mol. The number of hydrogen-bond acceptors (Lipinski definition) is 4. The summed E-state index contributed by atoms with van der Waals surface area (Å²) in [6, 6.07) is 8.28. The lowest BCUT2D eigenvalue weighted by Gasteiger charge is -2.17. The SMILES string of the molecule is CCNCC(Cc1cccc(OC)c1)Cc1ncnn1C. The number of aromatic nitrogens is 3. The Morgan fingerprint density at radius 2 is 2.19 bits per heavy atom. The van der Waals surface area contributed by atoms with Gasteiger partial charge in [-0.15, -0.1) is 0 Å². The Morgan fingerprint density at radius 3 is 2.86 bits per heavy atom. The second kappa shape index (κ2) is 7.78. The van der Waals surface area contributed by atoms with Gasteiger partial charge in [0.15, 0.2) is 0 Å². The van der Waals surface area contributed by atoms with Crippen LogP contribution >= 0.6 is 0 Å². The van der Waals surface area contributed by atoms with Gasteiger partial charge >= 0.3 is 0 Å². The Hall–Kier alpha value is -1.88. The lowest BCUT2D eigenvalue weighted by Crippen LogP contribution is -2.26. The van der Waals surface area contributed by atoms with E-state index in [9.17, 15) is 0 Å². The van der Waals surface area contributed by atoms with Crippen molar-refractivity contribution >= 4 is 0 Å². The fourth-order valence-corrected chi connectivity index (χ4v) is 2.46. The van der Waals surface area contributed by atoms with E-state index in [0.29, 0.717) is 5.92 Å². The number of nitrogens with one attached hydrogen (secondary N) is 1. The molecule has 0 aliphatic heterocycles. The van der Waals surface area contributed by atoms with Crippen LogP contribution in [0.15, 0.2) is 30.6 Å². The summed E-state index contributed by atoms with van der Waals surface area (Å²) in [5.74, 6) is 2.43. The highest BCUT2D eigenvalue weighted by atomic mass is 16.5. The molecule has 2 rings (SSSR count). The van der Waals surface area contributed by atoms with Gasteiger partial charge < -0.3 is 10.1 Å². The van der Waals surface area contributed by atoms with Crippen molar-refractivity contribution in [3.8, 4) is 5.75 Å². The van der Waals surface area contributed by atoms with Gasteiger partial charge in [0, 0.05) is 13.5 Å². The standard InChI is InChI=1S/C16H24N4O/c1-4-17-11-14(10-16-18-12-19-20(16)2)8-13-6-5-7-15(9-13)21-3/h5-7,9,12,14,17H,4,8,10-11H2,1-3H3. The largest absolute Gasteiger partial charge is 0.497 e. The smallest absolute Gasteiger partial charge is 0.138 e. The second-order valence-electron chi connectivity index (χ2n) is 5.23. The van der Waals surface area contributed by atoms with E-state index in [-0.39, 0.29) is 0 Å². The van der Waals surface area contributed by atoms with Crippen molar-refractivity contribution in [3.05, 3.63) is 42.0 Å². The number of rotatable bonds is 8. The first-order valence-electron chi connectivity index (χ1n) is 7.39. The zero-order valence-corrected chi connectivity index (χ0v) is 13.0. The molecule has 5 nitrogen and oxygen atoms in total. The molecule has 0 amide bonds. The first-order valence-corrected chi connectivity index (χ1v) is 7.39. The Balaban J connectivity index is 2.06. The van der Waals surface area contributed by atoms with Crippen LogP contribution in [0.5, 0.6) is 5.75 Å². The van der Waals surface area contributed by atoms with Gasteiger partial charge in [0.05, 0.1) is 7.11 Å². The average Bonchev–Trinajstić information content (AvgIpc) is 2.90. The highest BCUT2D eigenvalue weighted by Gasteiger charge is 2.14. The summed E-state index contributed by atoms with van der Waals surface area (Å²) in [5, 5.41) is 7.59. The van der Waals surface area contributed by atoms with Gasteiger partial charge in [0.2, 0.25) is 0 Å². The molecular formula is C16H24N4O. The second-order valence-corrected chi connectivity index (χ2v) is 5.23. The van der Waals surface area contributed by atoms with Gasteiger partial charge in [-0.25, -0.2) is 4.98 Å². The van der Waals surface area contributed by atoms with Crippen molar-refractivity contribution in [3.63, 3.8) is 0 Å². The lowest BCUT2D eigenvalue weighted by molar-refractivity contribution is 0.412. The number of ether oxygens (including phenoxy) is 1. The highest BCUT2D eigenvalue weighted by molar-refractivity contribution is 5.28. The van der Waals surface area contributed by atoms with Crippen LogP contribution in [0.3, 0.4) is 0 Å². The van der Waals surface area contributed by atoms with Crippen molar-refractivity contribution in [2.45, 2.75) is 19.8 Å². The van der Waals surface area contributed by atoms with Gasteiger partial charge in [0.1, 0.15) is 17.9 Å². The fourth-order valence-electron chi connectivity index (χ4n) is 2.46. The molecule has 114 valence electrons. The van der Waals surface area contributed by atoms with Crippen molar-refractivity contribution in [2.75, 3.05) is 20.2 Å². The van der Waals surface area contributed by atoms with E-state index >= 15 is 0 Å². The number of methoxy groups -OCH3 is 1. The molecule has 0 saturated heterocycles. The normalized spacial score (nSPS) is 12.3. The van der Waals surface area contributed by atoms with Gasteiger partial charge in [0.25, 0.3) is 0 Å². The Morgan fingerprint density at radius 1 is 1.33 bits per heavy atom. The van der Waals surface area contributed by atoms with E-state index in [1.807, 2.05) is 23.9 Å². The van der Waals surface area contributed by atoms with E-state index in [4.69, 9.17) is 4.74 Å². The van der Waals surface area contributed by atoms with Crippen LogP contribution in [-0.4, -0.2) is 35.0 Å². The van der Waals surface area contributed by atoms with Crippen molar-refractivity contribution < 1.29 is 4.74 Å². The summed E-state index contributed by atoms with van der Waals surface area (Å²) in [6.07, 6.45) is 3.53. The van der Waals surface area contributed by atoms with Crippen LogP contribution in [0.1, 0.15) is 18.3 Å². The zero-order valence-electron chi connectivity index (χ0n) is 13.0. The number of nitrogens with zero attached hydrogens (tertiary/aromatic N) is 3. The third-order valence-corrected chi connectivity index (χ3v) is 3.62. The molecule has 1 aromatic carbocycles. The number of hydrogen-bond donors (Lipinski definition) is 1. The summed E-state index contributed by atoms with van der Waals surface area (Å²) >= 11 is 0. The zero-order chi connectivity index (χ0) is 15.1. The molecule has 1 aromatic heterocycles. The number of benzene rings is 1. The summed E-state index contributed by atoms with van der Waals surface area (Å²) < 4.78 is 7.15. The number of aryl methyl sites for hydroxylation is 1. The van der Waals surface area contributed by atoms with Crippen LogP contribution in [0, 0.1) is 5.92 Å². The summed E-state index contributed by atoms with van der Waals surface area (Å²) in [7, 11) is 3.65. The van der Waals surface area contributed by atoms with Gasteiger partial charge in [-0.05, 0) is 43.1 Å². The first-order chi connectivity index (χ1) is 10.2. The van der Waals surface area contributed by atoms with Crippen molar-refractivity contribution in [1.29, 1.82) is 0 Å². The predicted molar refractivity (Wildman–Crippen MR) is 83.4 cm³/mol. The lowest BCUT2D eigenvalue weighted by atomic mass is 9.95. The van der Waals surface area contributed by atoms with Crippen LogP contribution in [-0.2, 0) is 19.9 Å². The maximum atomic E-state index is 5.30. The van der Waals surface area contributed by atoms with Gasteiger partial charge in [-0.2, -0.15) is 5.10 Å². The van der Waals surface area contributed by atoms with E-state index in [2.05, 4.69) is 34.5 Å². The molecule has 1 N–H and O–H groups in total. The minimum atomic E-state index is 0.486. The molecule has 1 unspecified atom stereocenters. The molecule has 21 heavy (non-hydrogen) atoms. The molecule has 5 heteroatoms. The predicted octanol–water partition coefficient (Wildman–Crippen LogP) is 1.83. The van der Waals surface area contributed by atoms with E-state index in [0.717, 1.165) is 37.5 Å². The van der Waals surface area contributed by atoms with Gasteiger partial charge in [-0.3, -0.25) is 4.68 Å². The molecule has 0 spiro atoms. The van der Waals surface area contributed by atoms with E-state index < -0.39 is 0 Å². The molecule has 2 aromatic rings. The third-order valence-electron chi connectivity index (χ3n) is 3.62. The molecule has 0 saturated carbocycles. The van der Waals surface area contributed by atoms with Gasteiger partial charge in [-0.1, -0.05) is 19.1 Å². The van der Waals surface area contributed by atoms with Crippen molar-refractivity contribution in [2.24, 2.45) is 13.0 Å². The fraction of sp³-hybridized carbons (Fsp3) is 0.500. The van der Waals surface area contributed by atoms with E-state index in [1.165, 1.54) is 5.56 Å². The topological polar surface area (TPSA) is 52.0 Å². The highest BCUT2D eigenvalue weighted by Crippen LogP contribution is 2.17. The van der Waals surface area contributed by atoms with Crippen LogP contribution < -0.4 is 10.1 Å². The molecule has 0 aliphatic rings. The molecule has 1 heterocycles. The quantitative estimate of drug-likeness (QED) is 0.805. The molecule has 0 bridgehead atoms. The third kappa shape index (κ3) is 4.56. The maximum Gasteiger partial charge on any atom is 0.138 e. The minimum Gasteiger partial charge on any atom is -0.497 e. The van der Waals surface area contributed by atoms with E-state index in [1.54, 1.807) is 13.4 Å². The summed E-state index contributed by atoms with van der Waals surface area (Å²) in [6.45, 7) is 4.08. The first kappa shape index (κ1) is 15.5. The Kier molecular flexibility index (Phi) is 5.75. The Labute approximate surface area is 126 Å². The molecule has 0 aliphatic carbocycles. The van der Waals surface area contributed by atoms with Crippen LogP contribution in [0.4, 0.5) is 0 Å². The molecular weight excluding hydrogens is 264 g/mol. The maximum absolute atomic E-state index is 5.30. The Bertz CT molecular complexity index is 553.